The molecule has 0 aromatic carbocycles. The Labute approximate surface area is 403 Å². The van der Waals surface area contributed by atoms with Crippen molar-refractivity contribution in [2.24, 2.45) is 0 Å². The topological polar surface area (TPSA) is 697 Å². The molecule has 0 aliphatic heterocycles. The van der Waals surface area contributed by atoms with Crippen LogP contribution in [0.25, 0.3) is 0 Å². The molecule has 0 unspecified atom stereocenters. The fourth-order valence-electron chi connectivity index (χ4n) is 1.87. The predicted octanol–water partition coefficient (Wildman–Crippen LogP) is -31.9. The number of rotatable bonds is 0. The third-order valence-corrected chi connectivity index (χ3v) is 3.78. The molecule has 0 aliphatic carbocycles. The van der Waals surface area contributed by atoms with Crippen LogP contribution in [-0.4, -0.2) is 164 Å². The molecular weight excluding hydrogens is 1400 g/mol. The number of aromatic nitrogens is 24. The van der Waals surface area contributed by atoms with Crippen LogP contribution in [0.15, 0.2) is 101 Å². The summed E-state index contributed by atoms with van der Waals surface area (Å²) in [5.74, 6) is 40.8. The molecule has 68 heavy (non-hydrogen) atoms. The zero-order chi connectivity index (χ0) is 49.6. The number of aromatic amines is 8. The fraction of sp³-hybridized carbons (Fsp3) is 0. The molecule has 0 radical (unpaired) electrons. The van der Waals surface area contributed by atoms with Gasteiger partial charge in [0.05, 0.1) is 0 Å². The van der Waals surface area contributed by atoms with E-state index < -0.39 is 82.4 Å². The Hall–Kier alpha value is -7.25. The van der Waals surface area contributed by atoms with Gasteiger partial charge in [-0.05, 0) is 0 Å². The van der Waals surface area contributed by atoms with Crippen molar-refractivity contribution in [1.82, 2.24) is 81.6 Å². The van der Waals surface area contributed by atoms with Crippen molar-refractivity contribution >= 4 is 82.4 Å². The molecule has 0 fully saturated rings. The van der Waals surface area contributed by atoms with E-state index in [2.05, 4.69) is 81.6 Å². The number of halogens is 4. The number of nitrogen functional groups attached to an aromatic ring is 8. The van der Waals surface area contributed by atoms with Crippen LogP contribution in [0.2, 0.25) is 0 Å². The van der Waals surface area contributed by atoms with Crippen molar-refractivity contribution in [3.05, 3.63) is 101 Å². The maximum absolute atomic E-state index is 8.60. The summed E-state index contributed by atoms with van der Waals surface area (Å²) in [5.41, 5.74) is 0. The molecule has 52 heteroatoms. The Balaban J connectivity index is -0.0000000962. The Morgan fingerprint density at radius 1 is 0.265 bits per heavy atom. The van der Waals surface area contributed by atoms with Crippen LogP contribution in [0, 0.1) is 0 Å². The second-order valence-corrected chi connectivity index (χ2v) is 13.6. The molecule has 8 aromatic heterocycles. The molecule has 384 valence electrons. The third kappa shape index (κ3) is 82.4. The van der Waals surface area contributed by atoms with Gasteiger partial charge in [-0.1, -0.05) is 0 Å². The van der Waals surface area contributed by atoms with Gasteiger partial charge in [0.25, 0.3) is 50.6 Å². The van der Waals surface area contributed by atoms with Crippen LogP contribution >= 0.6 is 0 Å². The quantitative estimate of drug-likeness (QED) is 0.0290. The number of nitrogens with one attached hydrogen (secondary N) is 8. The molecule has 0 atom stereocenters. The molecule has 0 saturated heterocycles. The maximum atomic E-state index is 8.60. The van der Waals surface area contributed by atoms with Crippen LogP contribution in [-0.2, 0) is 24.1 Å². The van der Waals surface area contributed by atoms with E-state index in [1.54, 1.807) is 50.6 Å². The van der Waals surface area contributed by atoms with E-state index >= 15 is 0 Å². The summed E-state index contributed by atoms with van der Waals surface area (Å²) in [6, 6.07) is 0. The predicted molar refractivity (Wildman–Crippen MR) is 180 cm³/mol. The Morgan fingerprint density at radius 3 is 0.353 bits per heavy atom. The molecule has 8 rings (SSSR count). The number of nitrogens with two attached hydrogens (primary N) is 8. The average Bonchev–Trinajstić information content (AvgIpc) is 4.03. The van der Waals surface area contributed by atoms with Gasteiger partial charge in [0, 0.05) is 40.8 Å². The van der Waals surface area contributed by atoms with Gasteiger partial charge >= 0.3 is 120 Å². The van der Waals surface area contributed by atoms with Gasteiger partial charge in [-0.2, -0.15) is 0 Å². The number of nitrogens with zero attached hydrogens (tertiary/aromatic N) is 16. The standard InChI is InChI=1S/8C2H4N4.4FH.12O.4Sb/c8*3-6-1-4-5-2-6;;;;;;;;;;;;;;;;;;;;/h8*1-2H,3H2;4*1H;;;;;;;;;;;;;;;;/q;;;;;;;;;;;;;;;;;;;;4*-1;;;;/p+4. The molecule has 0 aliphatic rings. The minimum atomic E-state index is -4.20. The molecule has 0 bridgehead atoms. The molecule has 8 heterocycles. The van der Waals surface area contributed by atoms with E-state index in [-0.39, 0.29) is 18.8 Å². The normalized spacial score (nSPS) is 7.59. The van der Waals surface area contributed by atoms with E-state index in [1.807, 2.05) is 0 Å². The third-order valence-electron chi connectivity index (χ3n) is 3.78. The summed E-state index contributed by atoms with van der Waals surface area (Å²) >= 11 is -16.8. The fourth-order valence-corrected chi connectivity index (χ4v) is 1.87. The van der Waals surface area contributed by atoms with E-state index in [1.165, 1.54) is 88.0 Å². The summed E-state index contributed by atoms with van der Waals surface area (Å²) in [6.07, 6.45) is 24.1. The average molecular weight is 1440 g/mol. The van der Waals surface area contributed by atoms with E-state index in [9.17, 15) is 0 Å². The van der Waals surface area contributed by atoms with Crippen LogP contribution in [0.4, 0.5) is 0 Å². The Bertz CT molecular complexity index is 1890. The number of hydrogen-bond acceptors (Lipinski definition) is 28. The van der Waals surface area contributed by atoms with E-state index in [4.69, 9.17) is 84.4 Å². The van der Waals surface area contributed by atoms with Crippen LogP contribution < -0.4 is 117 Å². The van der Waals surface area contributed by atoms with Crippen molar-refractivity contribution in [2.75, 3.05) is 46.7 Å². The summed E-state index contributed by atoms with van der Waals surface area (Å²) in [4.78, 5) is 0. The minimum absolute atomic E-state index is 0. The van der Waals surface area contributed by atoms with Gasteiger partial charge in [0.1, 0.15) is 0 Å². The second kappa shape index (κ2) is 55.9. The van der Waals surface area contributed by atoms with Gasteiger partial charge < -0.3 is 18.8 Å². The van der Waals surface area contributed by atoms with Crippen molar-refractivity contribution < 1.29 is 93.9 Å². The van der Waals surface area contributed by atoms with Crippen molar-refractivity contribution in [1.29, 1.82) is 0 Å². The molecule has 24 N–H and O–H groups in total. The zero-order valence-corrected chi connectivity index (χ0v) is 43.4. The zero-order valence-electron chi connectivity index (χ0n) is 33.2. The molecule has 0 amide bonds. The summed E-state index contributed by atoms with van der Waals surface area (Å²) < 4.78 is 114. The molecule has 0 spiro atoms. The van der Waals surface area contributed by atoms with Gasteiger partial charge in [-0.15, -0.1) is 78.2 Å². The Morgan fingerprint density at radius 2 is 0.338 bits per heavy atom. The molecule has 8 aromatic rings. The molecular formula is C16H40F4N32O12Sb4. The van der Waals surface area contributed by atoms with Gasteiger partial charge in [0.15, 0.2) is 0 Å². The van der Waals surface area contributed by atoms with Gasteiger partial charge in [-0.25, -0.2) is 0 Å². The van der Waals surface area contributed by atoms with Crippen LogP contribution in [0.5, 0.6) is 0 Å². The van der Waals surface area contributed by atoms with Crippen LogP contribution in [0.1, 0.15) is 0 Å². The van der Waals surface area contributed by atoms with Crippen molar-refractivity contribution in [2.45, 2.75) is 0 Å². The number of hydrogen-bond donors (Lipinski definition) is 16. The first-order valence-corrected chi connectivity index (χ1v) is 27.1. The summed E-state index contributed by atoms with van der Waals surface area (Å²) in [6.45, 7) is 0. The van der Waals surface area contributed by atoms with Crippen molar-refractivity contribution in [3.63, 3.8) is 0 Å². The van der Waals surface area contributed by atoms with Crippen LogP contribution in [0.3, 0.4) is 0 Å². The molecule has 0 saturated carbocycles. The first kappa shape index (κ1) is 77.9. The first-order valence-electron chi connectivity index (χ1n) is 14.6. The van der Waals surface area contributed by atoms with Gasteiger partial charge in [0.2, 0.25) is 50.6 Å². The monoisotopic (exact) mass is 1430 g/mol. The molecule has 44 nitrogen and oxygen atoms in total. The summed E-state index contributed by atoms with van der Waals surface area (Å²) in [7, 11) is 0. The summed E-state index contributed by atoms with van der Waals surface area (Å²) in [5, 5.41) is 48.4. The van der Waals surface area contributed by atoms with Crippen molar-refractivity contribution in [3.8, 4) is 0 Å². The van der Waals surface area contributed by atoms with Gasteiger partial charge in [-0.3, -0.25) is 46.7 Å². The van der Waals surface area contributed by atoms with E-state index in [0.717, 1.165) is 0 Å². The first-order chi connectivity index (χ1) is 30.1. The Kier molecular flexibility index (Phi) is 64.1. The second-order valence-electron chi connectivity index (χ2n) is 8.49. The van der Waals surface area contributed by atoms with E-state index in [0.29, 0.717) is 0 Å². The SMILES string of the molecule is N[n+]1cn[nH]c1.N[n+]1cn[nH]c1.N[n+]1cn[nH]c1.N[n+]1cn[nH]c1.N[n+]1cn[nH]c1.N[n+]1cn[nH]c1.N[n+]1cn[nH]c1.N[n+]1cn[nH]c1.[F-].[F-].[F-].[F-].[O]=[Sb](=[O])[O-].[O]=[Sb](=[O])[O-].[O]=[Sb](=[O])[O-].[O]=[Sb](=[O])[O-]. The number of H-pyrrole nitrogens is 8.